The van der Waals surface area contributed by atoms with Crippen molar-refractivity contribution in [2.45, 2.75) is 38.1 Å². The molecular formula is C22H26FN3O. The van der Waals surface area contributed by atoms with Crippen molar-refractivity contribution >= 4 is 17.4 Å². The summed E-state index contributed by atoms with van der Waals surface area (Å²) in [7, 11) is 0. The van der Waals surface area contributed by atoms with Crippen molar-refractivity contribution in [3.63, 3.8) is 0 Å². The quantitative estimate of drug-likeness (QED) is 0.811. The number of hydrogen-bond donors (Lipinski definition) is 1. The number of anilines is 2. The van der Waals surface area contributed by atoms with Gasteiger partial charge in [-0.25, -0.2) is 9.18 Å². The zero-order valence-electron chi connectivity index (χ0n) is 15.5. The number of benzene rings is 2. The van der Waals surface area contributed by atoms with Gasteiger partial charge in [0, 0.05) is 31.0 Å². The lowest BCUT2D eigenvalue weighted by Gasteiger charge is -2.29. The molecule has 0 aromatic heterocycles. The predicted molar refractivity (Wildman–Crippen MR) is 107 cm³/mol. The molecule has 2 aliphatic heterocycles. The number of nitrogens with one attached hydrogen (secondary N) is 1. The standard InChI is InChI=1S/C22H26FN3O/c23-18-7-4-6-17(16-18)21-8-5-15-26(21)22(27)24-19-9-11-20(12-10-19)25-13-2-1-3-14-25/h4,6-7,9-12,16,21H,1-3,5,8,13-15H2,(H,24,27)/t21-/m1/s1. The lowest BCUT2D eigenvalue weighted by Crippen LogP contribution is -2.34. The van der Waals surface area contributed by atoms with Crippen LogP contribution in [0.5, 0.6) is 0 Å². The third-order valence-corrected chi connectivity index (χ3v) is 5.59. The number of piperidine rings is 1. The number of carbonyl (C=O) groups excluding carboxylic acids is 1. The molecule has 0 bridgehead atoms. The van der Waals surface area contributed by atoms with Gasteiger partial charge in [-0.05, 0) is 74.1 Å². The molecule has 0 unspecified atom stereocenters. The third-order valence-electron chi connectivity index (χ3n) is 5.59. The number of nitrogens with zero attached hydrogens (tertiary/aromatic N) is 2. The van der Waals surface area contributed by atoms with Crippen LogP contribution >= 0.6 is 0 Å². The second-order valence-corrected chi connectivity index (χ2v) is 7.43. The zero-order chi connectivity index (χ0) is 18.6. The van der Waals surface area contributed by atoms with Crippen LogP contribution < -0.4 is 10.2 Å². The summed E-state index contributed by atoms with van der Waals surface area (Å²) in [6, 6.07) is 14.5. The Morgan fingerprint density at radius 3 is 2.48 bits per heavy atom. The maximum absolute atomic E-state index is 13.6. The van der Waals surface area contributed by atoms with Gasteiger partial charge in [0.1, 0.15) is 5.82 Å². The van der Waals surface area contributed by atoms with Gasteiger partial charge >= 0.3 is 6.03 Å². The molecule has 142 valence electrons. The van der Waals surface area contributed by atoms with Crippen molar-refractivity contribution < 1.29 is 9.18 Å². The number of rotatable bonds is 3. The molecule has 2 heterocycles. The summed E-state index contributed by atoms with van der Waals surface area (Å²) in [5, 5.41) is 3.00. The van der Waals surface area contributed by atoms with Crippen LogP contribution in [0.25, 0.3) is 0 Å². The third kappa shape index (κ3) is 4.07. The van der Waals surface area contributed by atoms with Gasteiger partial charge in [-0.2, -0.15) is 0 Å². The van der Waals surface area contributed by atoms with Gasteiger partial charge in [0.05, 0.1) is 6.04 Å². The highest BCUT2D eigenvalue weighted by atomic mass is 19.1. The van der Waals surface area contributed by atoms with Crippen LogP contribution in [-0.4, -0.2) is 30.6 Å². The molecule has 4 rings (SSSR count). The average molecular weight is 367 g/mol. The highest BCUT2D eigenvalue weighted by Crippen LogP contribution is 2.32. The fourth-order valence-electron chi connectivity index (χ4n) is 4.17. The SMILES string of the molecule is O=C(Nc1ccc(N2CCCCC2)cc1)N1CCC[C@@H]1c1cccc(F)c1. The van der Waals surface area contributed by atoms with Crippen LogP contribution in [0.15, 0.2) is 48.5 Å². The Morgan fingerprint density at radius 2 is 1.74 bits per heavy atom. The summed E-state index contributed by atoms with van der Waals surface area (Å²) in [5.41, 5.74) is 2.88. The Bertz CT molecular complexity index is 786. The van der Waals surface area contributed by atoms with Crippen LogP contribution in [-0.2, 0) is 0 Å². The predicted octanol–water partition coefficient (Wildman–Crippen LogP) is 5.19. The van der Waals surface area contributed by atoms with E-state index in [0.717, 1.165) is 37.2 Å². The van der Waals surface area contributed by atoms with E-state index >= 15 is 0 Å². The summed E-state index contributed by atoms with van der Waals surface area (Å²) in [6.45, 7) is 2.91. The molecule has 2 aromatic rings. The first-order valence-corrected chi connectivity index (χ1v) is 9.89. The van der Waals surface area contributed by atoms with Crippen LogP contribution in [0.2, 0.25) is 0 Å². The highest BCUT2D eigenvalue weighted by Gasteiger charge is 2.30. The molecule has 0 radical (unpaired) electrons. The maximum Gasteiger partial charge on any atom is 0.322 e. The second-order valence-electron chi connectivity index (χ2n) is 7.43. The minimum atomic E-state index is -0.256. The summed E-state index contributed by atoms with van der Waals surface area (Å²) in [4.78, 5) is 17.0. The molecule has 0 saturated carbocycles. The van der Waals surface area contributed by atoms with E-state index in [1.165, 1.54) is 37.1 Å². The first kappa shape index (κ1) is 17.8. The summed E-state index contributed by atoms with van der Waals surface area (Å²) in [6.07, 6.45) is 5.60. The van der Waals surface area contributed by atoms with E-state index in [9.17, 15) is 9.18 Å². The van der Waals surface area contributed by atoms with Crippen molar-refractivity contribution in [3.8, 4) is 0 Å². The van der Waals surface area contributed by atoms with Gasteiger partial charge in [-0.3, -0.25) is 0 Å². The van der Waals surface area contributed by atoms with E-state index < -0.39 is 0 Å². The molecule has 0 spiro atoms. The van der Waals surface area contributed by atoms with Gasteiger partial charge in [-0.15, -0.1) is 0 Å². The molecule has 1 N–H and O–H groups in total. The van der Waals surface area contributed by atoms with Gasteiger partial charge in [0.15, 0.2) is 0 Å². The monoisotopic (exact) mass is 367 g/mol. The molecule has 2 fully saturated rings. The van der Waals surface area contributed by atoms with Gasteiger partial charge in [-0.1, -0.05) is 12.1 Å². The molecular weight excluding hydrogens is 341 g/mol. The van der Waals surface area contributed by atoms with E-state index in [1.807, 2.05) is 23.1 Å². The topological polar surface area (TPSA) is 35.6 Å². The highest BCUT2D eigenvalue weighted by molar-refractivity contribution is 5.90. The lowest BCUT2D eigenvalue weighted by molar-refractivity contribution is 0.207. The number of likely N-dealkylation sites (tertiary alicyclic amines) is 1. The van der Waals surface area contributed by atoms with E-state index in [1.54, 1.807) is 6.07 Å². The van der Waals surface area contributed by atoms with Crippen LogP contribution in [0.3, 0.4) is 0 Å². The number of halogens is 1. The smallest absolute Gasteiger partial charge is 0.322 e. The first-order valence-electron chi connectivity index (χ1n) is 9.89. The average Bonchev–Trinajstić information content (AvgIpc) is 3.19. The molecule has 2 saturated heterocycles. The maximum atomic E-state index is 13.6. The lowest BCUT2D eigenvalue weighted by atomic mass is 10.0. The largest absolute Gasteiger partial charge is 0.372 e. The van der Waals surface area contributed by atoms with Gasteiger partial charge < -0.3 is 15.1 Å². The summed E-state index contributed by atoms with van der Waals surface area (Å²) >= 11 is 0. The Hall–Kier alpha value is -2.56. The first-order chi connectivity index (χ1) is 13.2. The minimum Gasteiger partial charge on any atom is -0.372 e. The molecule has 2 amide bonds. The van der Waals surface area contributed by atoms with Crippen LogP contribution in [0, 0.1) is 5.82 Å². The molecule has 2 aliphatic rings. The van der Waals surface area contributed by atoms with Crippen molar-refractivity contribution in [1.82, 2.24) is 4.90 Å². The Labute approximate surface area is 160 Å². The fraction of sp³-hybridized carbons (Fsp3) is 0.409. The van der Waals surface area contributed by atoms with Crippen molar-refractivity contribution in [1.29, 1.82) is 0 Å². The normalized spacial score (nSPS) is 20.0. The number of hydrogen-bond acceptors (Lipinski definition) is 2. The molecule has 2 aromatic carbocycles. The van der Waals surface area contributed by atoms with E-state index in [0.29, 0.717) is 6.54 Å². The van der Waals surface area contributed by atoms with E-state index in [-0.39, 0.29) is 17.9 Å². The Balaban J connectivity index is 1.42. The number of carbonyl (C=O) groups is 1. The molecule has 5 heteroatoms. The zero-order valence-corrected chi connectivity index (χ0v) is 15.5. The molecule has 0 aliphatic carbocycles. The molecule has 27 heavy (non-hydrogen) atoms. The van der Waals surface area contributed by atoms with Crippen LogP contribution in [0.1, 0.15) is 43.7 Å². The van der Waals surface area contributed by atoms with E-state index in [4.69, 9.17) is 0 Å². The second kappa shape index (κ2) is 7.99. The minimum absolute atomic E-state index is 0.0617. The van der Waals surface area contributed by atoms with Crippen molar-refractivity contribution in [2.24, 2.45) is 0 Å². The Kier molecular flexibility index (Phi) is 5.28. The van der Waals surface area contributed by atoms with Crippen molar-refractivity contribution in [2.75, 3.05) is 29.9 Å². The number of amides is 2. The van der Waals surface area contributed by atoms with Gasteiger partial charge in [0.2, 0.25) is 0 Å². The number of urea groups is 1. The van der Waals surface area contributed by atoms with Gasteiger partial charge in [0.25, 0.3) is 0 Å². The fourth-order valence-corrected chi connectivity index (χ4v) is 4.17. The molecule has 1 atom stereocenters. The molecule has 4 nitrogen and oxygen atoms in total. The van der Waals surface area contributed by atoms with E-state index in [2.05, 4.69) is 22.3 Å². The Morgan fingerprint density at radius 1 is 0.963 bits per heavy atom. The van der Waals surface area contributed by atoms with Crippen LogP contribution in [0.4, 0.5) is 20.6 Å². The summed E-state index contributed by atoms with van der Waals surface area (Å²) < 4.78 is 13.6. The van der Waals surface area contributed by atoms with Crippen molar-refractivity contribution in [3.05, 3.63) is 59.9 Å². The summed E-state index contributed by atoms with van der Waals surface area (Å²) in [5.74, 6) is -0.256.